The minimum atomic E-state index is -1.07. The van der Waals surface area contributed by atoms with Crippen molar-refractivity contribution in [1.82, 2.24) is 0 Å². The Morgan fingerprint density at radius 1 is 1.38 bits per heavy atom. The summed E-state index contributed by atoms with van der Waals surface area (Å²) in [5, 5.41) is 11.7. The predicted molar refractivity (Wildman–Crippen MR) is 53.5 cm³/mol. The summed E-state index contributed by atoms with van der Waals surface area (Å²) in [5.41, 5.74) is 0.837. The lowest BCUT2D eigenvalue weighted by Crippen LogP contribution is -2.21. The van der Waals surface area contributed by atoms with Crippen LogP contribution in [0.15, 0.2) is 6.07 Å². The molecule has 0 fully saturated rings. The third kappa shape index (κ3) is 1.26. The van der Waals surface area contributed by atoms with Crippen LogP contribution in [0.4, 0.5) is 0 Å². The SMILES string of the molecule is Cc1cc2c(C)c(C(=O)[O-])sc2s1. The van der Waals surface area contributed by atoms with E-state index in [0.717, 1.165) is 15.0 Å². The van der Waals surface area contributed by atoms with Crippen LogP contribution >= 0.6 is 22.7 Å². The highest BCUT2D eigenvalue weighted by molar-refractivity contribution is 7.39. The van der Waals surface area contributed by atoms with E-state index in [4.69, 9.17) is 0 Å². The number of aryl methyl sites for hydroxylation is 2. The minimum Gasteiger partial charge on any atom is -0.544 e. The first kappa shape index (κ1) is 8.72. The highest BCUT2D eigenvalue weighted by Gasteiger charge is 2.10. The molecule has 0 aliphatic carbocycles. The highest BCUT2D eigenvalue weighted by atomic mass is 32.2. The summed E-state index contributed by atoms with van der Waals surface area (Å²) in [4.78, 5) is 12.3. The Morgan fingerprint density at radius 2 is 2.08 bits per heavy atom. The van der Waals surface area contributed by atoms with Gasteiger partial charge in [-0.15, -0.1) is 22.7 Å². The molecule has 0 atom stereocenters. The second kappa shape index (κ2) is 2.82. The molecule has 0 amide bonds. The number of rotatable bonds is 1. The van der Waals surface area contributed by atoms with Crippen LogP contribution in [0.1, 0.15) is 20.1 Å². The van der Waals surface area contributed by atoms with Gasteiger partial charge < -0.3 is 9.90 Å². The van der Waals surface area contributed by atoms with Crippen LogP contribution in [0.5, 0.6) is 0 Å². The lowest BCUT2D eigenvalue weighted by atomic mass is 10.2. The zero-order chi connectivity index (χ0) is 9.59. The Bertz CT molecular complexity index is 479. The van der Waals surface area contributed by atoms with Crippen LogP contribution in [0.25, 0.3) is 9.40 Å². The van der Waals surface area contributed by atoms with Crippen LogP contribution in [0, 0.1) is 13.8 Å². The number of carbonyl (C=O) groups is 1. The number of thiophene rings is 2. The second-order valence-electron chi connectivity index (χ2n) is 2.90. The third-order valence-electron chi connectivity index (χ3n) is 1.95. The van der Waals surface area contributed by atoms with Gasteiger partial charge in [0.15, 0.2) is 0 Å². The number of hydrogen-bond donors (Lipinski definition) is 0. The van der Waals surface area contributed by atoms with Gasteiger partial charge in [0.2, 0.25) is 0 Å². The molecule has 0 bridgehead atoms. The van der Waals surface area contributed by atoms with E-state index in [2.05, 4.69) is 0 Å². The molecule has 0 saturated heterocycles. The van der Waals surface area contributed by atoms with Crippen LogP contribution in [-0.2, 0) is 0 Å². The number of hydrogen-bond acceptors (Lipinski definition) is 4. The summed E-state index contributed by atoms with van der Waals surface area (Å²) in [7, 11) is 0. The van der Waals surface area contributed by atoms with Crippen molar-refractivity contribution in [1.29, 1.82) is 0 Å². The summed E-state index contributed by atoms with van der Waals surface area (Å²) in [6.45, 7) is 3.85. The van der Waals surface area contributed by atoms with Gasteiger partial charge in [0.25, 0.3) is 0 Å². The van der Waals surface area contributed by atoms with Crippen molar-refractivity contribution in [3.8, 4) is 0 Å². The van der Waals surface area contributed by atoms with E-state index in [1.54, 1.807) is 11.3 Å². The molecule has 2 rings (SSSR count). The summed E-state index contributed by atoms with van der Waals surface area (Å²) in [5.74, 6) is -1.07. The third-order valence-corrected chi connectivity index (χ3v) is 4.37. The first-order valence-electron chi connectivity index (χ1n) is 3.80. The zero-order valence-electron chi connectivity index (χ0n) is 7.21. The normalized spacial score (nSPS) is 10.9. The van der Waals surface area contributed by atoms with Crippen molar-refractivity contribution in [2.24, 2.45) is 0 Å². The first-order chi connectivity index (χ1) is 6.09. The fraction of sp³-hybridized carbons (Fsp3) is 0.222. The van der Waals surface area contributed by atoms with E-state index in [0.29, 0.717) is 4.88 Å². The Labute approximate surface area is 83.4 Å². The number of fused-ring (bicyclic) bond motifs is 1. The van der Waals surface area contributed by atoms with Gasteiger partial charge in [-0.1, -0.05) is 0 Å². The summed E-state index contributed by atoms with van der Waals surface area (Å²) < 4.78 is 1.08. The van der Waals surface area contributed by atoms with E-state index < -0.39 is 5.97 Å². The zero-order valence-corrected chi connectivity index (χ0v) is 8.84. The molecule has 2 heterocycles. The van der Waals surface area contributed by atoms with Crippen LogP contribution < -0.4 is 5.11 Å². The van der Waals surface area contributed by atoms with Gasteiger partial charge >= 0.3 is 0 Å². The number of aromatic carboxylic acids is 1. The van der Waals surface area contributed by atoms with Crippen molar-refractivity contribution in [3.63, 3.8) is 0 Å². The topological polar surface area (TPSA) is 40.1 Å². The summed E-state index contributed by atoms with van der Waals surface area (Å²) in [6, 6.07) is 2.03. The van der Waals surface area contributed by atoms with Gasteiger partial charge in [-0.2, -0.15) is 0 Å². The highest BCUT2D eigenvalue weighted by Crippen LogP contribution is 2.36. The molecule has 2 aromatic heterocycles. The molecule has 4 heteroatoms. The maximum absolute atomic E-state index is 10.7. The maximum atomic E-state index is 10.7. The molecule has 0 saturated carbocycles. The predicted octanol–water partition coefficient (Wildman–Crippen LogP) is 1.94. The molecular weight excluding hydrogens is 204 g/mol. The van der Waals surface area contributed by atoms with Crippen molar-refractivity contribution >= 4 is 38.0 Å². The van der Waals surface area contributed by atoms with Crippen molar-refractivity contribution in [2.45, 2.75) is 13.8 Å². The lowest BCUT2D eigenvalue weighted by Gasteiger charge is -1.97. The largest absolute Gasteiger partial charge is 0.544 e. The number of carboxylic acid groups (broad SMARTS) is 1. The quantitative estimate of drug-likeness (QED) is 0.723. The van der Waals surface area contributed by atoms with E-state index in [1.807, 2.05) is 19.9 Å². The van der Waals surface area contributed by atoms with Gasteiger partial charge in [-0.25, -0.2) is 0 Å². The summed E-state index contributed by atoms with van der Waals surface area (Å²) >= 11 is 2.94. The van der Waals surface area contributed by atoms with Crippen molar-refractivity contribution in [2.75, 3.05) is 0 Å². The Balaban J connectivity index is 2.76. The van der Waals surface area contributed by atoms with Crippen LogP contribution in [-0.4, -0.2) is 5.97 Å². The Hall–Kier alpha value is -0.870. The molecule has 2 nitrogen and oxygen atoms in total. The van der Waals surface area contributed by atoms with Gasteiger partial charge in [-0.05, 0) is 25.5 Å². The molecule has 0 N–H and O–H groups in total. The molecule has 0 spiro atoms. The van der Waals surface area contributed by atoms with Crippen molar-refractivity contribution in [3.05, 3.63) is 21.4 Å². The second-order valence-corrected chi connectivity index (χ2v) is 5.44. The van der Waals surface area contributed by atoms with E-state index >= 15 is 0 Å². The van der Waals surface area contributed by atoms with E-state index in [1.165, 1.54) is 16.2 Å². The average molecular weight is 211 g/mol. The Kier molecular flexibility index (Phi) is 1.89. The fourth-order valence-electron chi connectivity index (χ4n) is 1.32. The molecule has 0 aromatic carbocycles. The maximum Gasteiger partial charge on any atom is 0.0877 e. The molecular formula is C9H7O2S2-. The lowest BCUT2D eigenvalue weighted by molar-refractivity contribution is -0.254. The van der Waals surface area contributed by atoms with Crippen molar-refractivity contribution < 1.29 is 9.90 Å². The molecule has 0 aliphatic heterocycles. The number of carbonyl (C=O) groups excluding carboxylic acids is 1. The number of carboxylic acids is 1. The molecule has 68 valence electrons. The first-order valence-corrected chi connectivity index (χ1v) is 5.44. The molecule has 0 unspecified atom stereocenters. The van der Waals surface area contributed by atoms with Gasteiger partial charge in [-0.3, -0.25) is 0 Å². The monoisotopic (exact) mass is 211 g/mol. The fourth-order valence-corrected chi connectivity index (χ4v) is 3.77. The average Bonchev–Trinajstić information content (AvgIpc) is 2.51. The van der Waals surface area contributed by atoms with Crippen LogP contribution in [0.2, 0.25) is 0 Å². The van der Waals surface area contributed by atoms with Gasteiger partial charge in [0.1, 0.15) is 0 Å². The smallest absolute Gasteiger partial charge is 0.0877 e. The van der Waals surface area contributed by atoms with E-state index in [-0.39, 0.29) is 0 Å². The Morgan fingerprint density at radius 3 is 2.62 bits per heavy atom. The van der Waals surface area contributed by atoms with Gasteiger partial charge in [0.05, 0.1) is 14.9 Å². The minimum absolute atomic E-state index is 0.362. The van der Waals surface area contributed by atoms with Crippen LogP contribution in [0.3, 0.4) is 0 Å². The molecule has 2 aromatic rings. The summed E-state index contributed by atoms with van der Waals surface area (Å²) in [6.07, 6.45) is 0. The standard InChI is InChI=1S/C9H8O2S2/c1-4-3-6-5(2)7(8(10)11)13-9(6)12-4/h3H,1-2H3,(H,10,11)/p-1. The molecule has 13 heavy (non-hydrogen) atoms. The van der Waals surface area contributed by atoms with E-state index in [9.17, 15) is 9.90 Å². The molecule has 0 aliphatic rings. The van der Waals surface area contributed by atoms with Gasteiger partial charge in [0, 0.05) is 10.3 Å². The molecule has 0 radical (unpaired) electrons.